The topological polar surface area (TPSA) is 49.4 Å². The largest absolute Gasteiger partial charge is 1.00 e. The summed E-state index contributed by atoms with van der Waals surface area (Å²) in [4.78, 5) is 2.11. The van der Waals surface area contributed by atoms with Gasteiger partial charge in [0.1, 0.15) is 0 Å². The van der Waals surface area contributed by atoms with E-state index in [0.717, 1.165) is 19.5 Å². The molecule has 0 aromatic carbocycles. The summed E-state index contributed by atoms with van der Waals surface area (Å²) in [5.41, 5.74) is 0. The molecule has 4 nitrogen and oxygen atoms in total. The van der Waals surface area contributed by atoms with Gasteiger partial charge in [0.2, 0.25) is 0 Å². The van der Waals surface area contributed by atoms with E-state index in [1.165, 1.54) is 5.41 Å². The number of hydrogen-bond acceptors (Lipinski definition) is 4. The zero-order valence-corrected chi connectivity index (χ0v) is 10.7. The fourth-order valence-corrected chi connectivity index (χ4v) is 2.66. The van der Waals surface area contributed by atoms with Crippen molar-refractivity contribution in [3.05, 3.63) is 11.5 Å². The number of halogens is 1. The van der Waals surface area contributed by atoms with E-state index < -0.39 is 9.84 Å². The van der Waals surface area contributed by atoms with Crippen LogP contribution in [0.3, 0.4) is 0 Å². The van der Waals surface area contributed by atoms with Crippen LogP contribution in [0.2, 0.25) is 0 Å². The average molecular weight is 254 g/mol. The highest BCUT2D eigenvalue weighted by molar-refractivity contribution is 7.94. The van der Waals surface area contributed by atoms with Crippen LogP contribution in [-0.4, -0.2) is 52.3 Å². The molecule has 0 amide bonds. The standard InChI is InChI=1S/C9H18N2O2S.ClH/c1-11(2)6-3-5-10-9-4-7-14(12,13)8-9;/h4,7,9-10H,3,5-6,8H2,1-2H3;1H/p-1. The molecule has 0 aliphatic carbocycles. The first-order chi connectivity index (χ1) is 6.49. The summed E-state index contributed by atoms with van der Waals surface area (Å²) in [5.74, 6) is 0.217. The molecule has 0 aromatic rings. The minimum absolute atomic E-state index is 0. The van der Waals surface area contributed by atoms with Gasteiger partial charge >= 0.3 is 0 Å². The number of nitrogens with zero attached hydrogens (tertiary/aromatic N) is 1. The Bertz CT molecular complexity index is 301. The molecule has 90 valence electrons. The van der Waals surface area contributed by atoms with Gasteiger partial charge in [-0.05, 0) is 33.6 Å². The molecule has 1 heterocycles. The van der Waals surface area contributed by atoms with Crippen LogP contribution >= 0.6 is 0 Å². The van der Waals surface area contributed by atoms with Crippen LogP contribution in [0.25, 0.3) is 0 Å². The highest BCUT2D eigenvalue weighted by Crippen LogP contribution is 2.07. The van der Waals surface area contributed by atoms with Gasteiger partial charge in [0.25, 0.3) is 0 Å². The monoisotopic (exact) mass is 253 g/mol. The first-order valence-electron chi connectivity index (χ1n) is 4.79. The smallest absolute Gasteiger partial charge is 0.173 e. The Kier molecular flexibility index (Phi) is 6.43. The van der Waals surface area contributed by atoms with Crippen LogP contribution in [0.15, 0.2) is 11.5 Å². The molecule has 6 heteroatoms. The Morgan fingerprint density at radius 3 is 2.60 bits per heavy atom. The molecule has 1 atom stereocenters. The summed E-state index contributed by atoms with van der Waals surface area (Å²) in [7, 11) is 1.15. The molecule has 15 heavy (non-hydrogen) atoms. The second kappa shape index (κ2) is 6.48. The molecule has 0 radical (unpaired) electrons. The molecule has 1 aliphatic heterocycles. The molecular formula is C9H18ClN2O2S-. The number of rotatable bonds is 5. The second-order valence-electron chi connectivity index (χ2n) is 3.88. The second-order valence-corrected chi connectivity index (χ2v) is 5.81. The summed E-state index contributed by atoms with van der Waals surface area (Å²) in [5, 5.41) is 4.50. The Morgan fingerprint density at radius 2 is 2.13 bits per heavy atom. The molecule has 1 aliphatic rings. The Hall–Kier alpha value is -0.100. The number of sulfone groups is 1. The maximum atomic E-state index is 11.0. The van der Waals surface area contributed by atoms with Crippen LogP contribution in [-0.2, 0) is 9.84 Å². The normalized spacial score (nSPS) is 23.0. The first kappa shape index (κ1) is 14.9. The maximum Gasteiger partial charge on any atom is 0.173 e. The first-order valence-corrected chi connectivity index (χ1v) is 6.50. The fourth-order valence-electron chi connectivity index (χ4n) is 1.39. The van der Waals surface area contributed by atoms with Crippen LogP contribution < -0.4 is 17.7 Å². The van der Waals surface area contributed by atoms with E-state index in [1.807, 2.05) is 14.1 Å². The van der Waals surface area contributed by atoms with Crippen molar-refractivity contribution in [1.82, 2.24) is 10.2 Å². The van der Waals surface area contributed by atoms with Crippen molar-refractivity contribution in [2.75, 3.05) is 32.9 Å². The molecular weight excluding hydrogens is 236 g/mol. The summed E-state index contributed by atoms with van der Waals surface area (Å²) in [6.45, 7) is 1.89. The molecule has 1 N–H and O–H groups in total. The van der Waals surface area contributed by atoms with Crippen molar-refractivity contribution in [2.24, 2.45) is 0 Å². The zero-order valence-electron chi connectivity index (χ0n) is 9.11. The van der Waals surface area contributed by atoms with E-state index in [9.17, 15) is 8.42 Å². The number of nitrogens with one attached hydrogen (secondary N) is 1. The van der Waals surface area contributed by atoms with Crippen LogP contribution in [0, 0.1) is 0 Å². The molecule has 1 rings (SSSR count). The van der Waals surface area contributed by atoms with Gasteiger partial charge in [0.05, 0.1) is 5.75 Å². The maximum absolute atomic E-state index is 11.0. The minimum Gasteiger partial charge on any atom is -1.00 e. The molecule has 0 spiro atoms. The van der Waals surface area contributed by atoms with E-state index in [-0.39, 0.29) is 24.2 Å². The Balaban J connectivity index is 0.00000196. The van der Waals surface area contributed by atoms with Gasteiger partial charge in [-0.15, -0.1) is 0 Å². The molecule has 0 saturated carbocycles. The fraction of sp³-hybridized carbons (Fsp3) is 0.778. The lowest BCUT2D eigenvalue weighted by Gasteiger charge is -2.12. The van der Waals surface area contributed by atoms with Crippen LogP contribution in [0.5, 0.6) is 0 Å². The van der Waals surface area contributed by atoms with Crippen molar-refractivity contribution in [3.8, 4) is 0 Å². The van der Waals surface area contributed by atoms with Gasteiger partial charge < -0.3 is 22.6 Å². The van der Waals surface area contributed by atoms with E-state index in [1.54, 1.807) is 6.08 Å². The van der Waals surface area contributed by atoms with Crippen molar-refractivity contribution in [2.45, 2.75) is 12.5 Å². The predicted molar refractivity (Wildman–Crippen MR) is 57.9 cm³/mol. The lowest BCUT2D eigenvalue weighted by Crippen LogP contribution is -3.00. The van der Waals surface area contributed by atoms with Gasteiger partial charge in [-0.3, -0.25) is 0 Å². The Morgan fingerprint density at radius 1 is 1.47 bits per heavy atom. The quantitative estimate of drug-likeness (QED) is 0.526. The summed E-state index contributed by atoms with van der Waals surface area (Å²) in [6, 6.07) is 0.0159. The highest BCUT2D eigenvalue weighted by Gasteiger charge is 2.20. The molecule has 1 unspecified atom stereocenters. The summed E-state index contributed by atoms with van der Waals surface area (Å²) in [6.07, 6.45) is 2.77. The number of hydrogen-bond donors (Lipinski definition) is 1. The van der Waals surface area contributed by atoms with Crippen molar-refractivity contribution >= 4 is 9.84 Å². The molecule has 0 bridgehead atoms. The SMILES string of the molecule is CN(C)CCCNC1C=CS(=O)(=O)C1.[Cl-]. The van der Waals surface area contributed by atoms with Gasteiger partial charge in [-0.25, -0.2) is 8.42 Å². The van der Waals surface area contributed by atoms with Crippen molar-refractivity contribution in [1.29, 1.82) is 0 Å². The van der Waals surface area contributed by atoms with Crippen LogP contribution in [0.1, 0.15) is 6.42 Å². The van der Waals surface area contributed by atoms with Gasteiger partial charge in [0, 0.05) is 11.4 Å². The van der Waals surface area contributed by atoms with Gasteiger partial charge in [0.15, 0.2) is 9.84 Å². The van der Waals surface area contributed by atoms with Gasteiger partial charge in [-0.1, -0.05) is 6.08 Å². The third-order valence-corrected chi connectivity index (χ3v) is 3.51. The average Bonchev–Trinajstić information content (AvgIpc) is 2.39. The minimum atomic E-state index is -2.90. The lowest BCUT2D eigenvalue weighted by atomic mass is 10.3. The van der Waals surface area contributed by atoms with Crippen molar-refractivity contribution in [3.63, 3.8) is 0 Å². The highest BCUT2D eigenvalue weighted by atomic mass is 35.5. The van der Waals surface area contributed by atoms with Crippen molar-refractivity contribution < 1.29 is 20.8 Å². The third-order valence-electron chi connectivity index (χ3n) is 2.12. The summed E-state index contributed by atoms with van der Waals surface area (Å²) < 4.78 is 22.1. The van der Waals surface area contributed by atoms with Gasteiger partial charge in [-0.2, -0.15) is 0 Å². The molecule has 0 aromatic heterocycles. The molecule has 0 fully saturated rings. The van der Waals surface area contributed by atoms with E-state index in [0.29, 0.717) is 0 Å². The van der Waals surface area contributed by atoms with E-state index >= 15 is 0 Å². The third kappa shape index (κ3) is 6.14. The lowest BCUT2D eigenvalue weighted by molar-refractivity contribution is -0.00000553. The van der Waals surface area contributed by atoms with E-state index in [2.05, 4.69) is 10.2 Å². The van der Waals surface area contributed by atoms with E-state index in [4.69, 9.17) is 0 Å². The predicted octanol–water partition coefficient (Wildman–Crippen LogP) is -3.16. The Labute approximate surface area is 98.1 Å². The van der Waals surface area contributed by atoms with Crippen LogP contribution in [0.4, 0.5) is 0 Å². The molecule has 0 saturated heterocycles. The summed E-state index contributed by atoms with van der Waals surface area (Å²) >= 11 is 0. The zero-order chi connectivity index (χ0) is 10.6.